The lowest BCUT2D eigenvalue weighted by Gasteiger charge is -2.19. The first-order valence-corrected chi connectivity index (χ1v) is 11.0. The number of rotatable bonds is 14. The van der Waals surface area contributed by atoms with Crippen molar-refractivity contribution in [1.29, 1.82) is 0 Å². The van der Waals surface area contributed by atoms with E-state index in [2.05, 4.69) is 66.8 Å². The molecule has 0 aliphatic rings. The summed E-state index contributed by atoms with van der Waals surface area (Å²) in [5, 5.41) is 3.53. The fraction of sp³-hybridized carbons (Fsp3) is 0.917. The number of hydrogen-bond acceptors (Lipinski definition) is 1. The van der Waals surface area contributed by atoms with Crippen molar-refractivity contribution >= 4 is 0 Å². The molecule has 0 aliphatic heterocycles. The molecule has 0 saturated carbocycles. The molecule has 2 unspecified atom stereocenters. The van der Waals surface area contributed by atoms with Crippen LogP contribution in [0.5, 0.6) is 0 Å². The molecule has 150 valence electrons. The Labute approximate surface area is 160 Å². The van der Waals surface area contributed by atoms with Gasteiger partial charge in [-0.2, -0.15) is 0 Å². The molecule has 1 heteroatoms. The van der Waals surface area contributed by atoms with Crippen LogP contribution in [0, 0.1) is 17.8 Å². The summed E-state index contributed by atoms with van der Waals surface area (Å²) in [6, 6.07) is 0. The Kier molecular flexibility index (Phi) is 13.7. The Morgan fingerprint density at radius 3 is 1.76 bits per heavy atom. The predicted molar refractivity (Wildman–Crippen MR) is 116 cm³/mol. The van der Waals surface area contributed by atoms with Crippen LogP contribution in [0.1, 0.15) is 113 Å². The van der Waals surface area contributed by atoms with Crippen LogP contribution in [0.3, 0.4) is 0 Å². The predicted octanol–water partition coefficient (Wildman–Crippen LogP) is 7.76. The molecule has 0 radical (unpaired) electrons. The van der Waals surface area contributed by atoms with E-state index in [0.717, 1.165) is 24.3 Å². The van der Waals surface area contributed by atoms with Gasteiger partial charge >= 0.3 is 0 Å². The summed E-state index contributed by atoms with van der Waals surface area (Å²) in [5.74, 6) is 2.68. The molecule has 0 amide bonds. The van der Waals surface area contributed by atoms with Crippen molar-refractivity contribution in [3.8, 4) is 0 Å². The van der Waals surface area contributed by atoms with Crippen molar-refractivity contribution in [2.24, 2.45) is 17.8 Å². The van der Waals surface area contributed by atoms with Crippen LogP contribution < -0.4 is 5.32 Å². The molecule has 0 fully saturated rings. The van der Waals surface area contributed by atoms with Gasteiger partial charge in [0.15, 0.2) is 0 Å². The molecular weight excluding hydrogens is 302 g/mol. The van der Waals surface area contributed by atoms with Crippen LogP contribution >= 0.6 is 0 Å². The Bertz CT molecular complexity index is 334. The van der Waals surface area contributed by atoms with Gasteiger partial charge in [0.1, 0.15) is 0 Å². The van der Waals surface area contributed by atoms with E-state index >= 15 is 0 Å². The van der Waals surface area contributed by atoms with Gasteiger partial charge in [-0.25, -0.2) is 0 Å². The third kappa shape index (κ3) is 18.3. The summed E-state index contributed by atoms with van der Waals surface area (Å²) in [5.41, 5.74) is 1.76. The van der Waals surface area contributed by atoms with E-state index in [1.165, 1.54) is 57.8 Å². The van der Waals surface area contributed by atoms with Crippen LogP contribution in [0.2, 0.25) is 0 Å². The molecule has 1 nitrogen and oxygen atoms in total. The lowest BCUT2D eigenvalue weighted by molar-refractivity contribution is 0.389. The second-order valence-corrected chi connectivity index (χ2v) is 10.0. The summed E-state index contributed by atoms with van der Waals surface area (Å²) < 4.78 is 0. The molecule has 25 heavy (non-hydrogen) atoms. The number of allylic oxidation sites excluding steroid dienone is 1. The average molecular weight is 352 g/mol. The quantitative estimate of drug-likeness (QED) is 0.315. The Balaban J connectivity index is 3.66. The van der Waals surface area contributed by atoms with Gasteiger partial charge in [-0.05, 0) is 58.3 Å². The van der Waals surface area contributed by atoms with Crippen molar-refractivity contribution in [3.05, 3.63) is 11.6 Å². The molecular formula is C24H49N. The van der Waals surface area contributed by atoms with E-state index in [1.54, 1.807) is 5.57 Å². The highest BCUT2D eigenvalue weighted by molar-refractivity contribution is 4.99. The Morgan fingerprint density at radius 1 is 0.800 bits per heavy atom. The minimum atomic E-state index is 0.219. The molecule has 0 rings (SSSR count). The molecule has 2 atom stereocenters. The second-order valence-electron chi connectivity index (χ2n) is 10.0. The van der Waals surface area contributed by atoms with E-state index in [-0.39, 0.29) is 5.54 Å². The van der Waals surface area contributed by atoms with Crippen molar-refractivity contribution in [1.82, 2.24) is 5.32 Å². The first kappa shape index (κ1) is 24.7. The molecule has 0 saturated heterocycles. The highest BCUT2D eigenvalue weighted by atomic mass is 14.9. The van der Waals surface area contributed by atoms with Gasteiger partial charge in [-0.3, -0.25) is 0 Å². The molecule has 0 spiro atoms. The van der Waals surface area contributed by atoms with Gasteiger partial charge in [0.25, 0.3) is 0 Å². The van der Waals surface area contributed by atoms with Gasteiger partial charge in [-0.15, -0.1) is 0 Å². The number of nitrogens with one attached hydrogen (secondary N) is 1. The smallest absolute Gasteiger partial charge is 0.0142 e. The summed E-state index contributed by atoms with van der Waals surface area (Å²) >= 11 is 0. The van der Waals surface area contributed by atoms with E-state index < -0.39 is 0 Å². The maximum absolute atomic E-state index is 3.53. The zero-order valence-electron chi connectivity index (χ0n) is 18.9. The highest BCUT2D eigenvalue weighted by Gasteiger charge is 2.08. The molecule has 0 aliphatic carbocycles. The Morgan fingerprint density at radius 2 is 1.28 bits per heavy atom. The molecule has 1 N–H and O–H groups in total. The summed E-state index contributed by atoms with van der Waals surface area (Å²) in [4.78, 5) is 0. The summed E-state index contributed by atoms with van der Waals surface area (Å²) in [6.07, 6.45) is 14.9. The van der Waals surface area contributed by atoms with E-state index in [1.807, 2.05) is 0 Å². The molecule has 0 aromatic rings. The fourth-order valence-corrected chi connectivity index (χ4v) is 3.34. The highest BCUT2D eigenvalue weighted by Crippen LogP contribution is 2.22. The maximum Gasteiger partial charge on any atom is 0.0142 e. The summed E-state index contributed by atoms with van der Waals surface area (Å²) in [7, 11) is 0. The van der Waals surface area contributed by atoms with Gasteiger partial charge in [0, 0.05) is 12.1 Å². The van der Waals surface area contributed by atoms with Crippen molar-refractivity contribution in [2.75, 3.05) is 6.54 Å². The Hall–Kier alpha value is -0.300. The molecule has 0 bridgehead atoms. The van der Waals surface area contributed by atoms with Crippen LogP contribution in [-0.4, -0.2) is 12.1 Å². The van der Waals surface area contributed by atoms with Gasteiger partial charge < -0.3 is 5.32 Å². The van der Waals surface area contributed by atoms with Crippen LogP contribution in [-0.2, 0) is 0 Å². The van der Waals surface area contributed by atoms with E-state index in [4.69, 9.17) is 0 Å². The zero-order chi connectivity index (χ0) is 19.3. The molecule has 0 heterocycles. The largest absolute Gasteiger partial charge is 0.309 e. The van der Waals surface area contributed by atoms with Crippen LogP contribution in [0.15, 0.2) is 11.6 Å². The second kappa shape index (κ2) is 13.8. The fourth-order valence-electron chi connectivity index (χ4n) is 3.34. The first-order valence-electron chi connectivity index (χ1n) is 11.0. The third-order valence-corrected chi connectivity index (χ3v) is 5.22. The van der Waals surface area contributed by atoms with Crippen LogP contribution in [0.25, 0.3) is 0 Å². The monoisotopic (exact) mass is 351 g/mol. The lowest BCUT2D eigenvalue weighted by atomic mass is 9.91. The van der Waals surface area contributed by atoms with Gasteiger partial charge in [0.05, 0.1) is 0 Å². The number of hydrogen-bond donors (Lipinski definition) is 1. The third-order valence-electron chi connectivity index (χ3n) is 5.22. The molecule has 0 aromatic heterocycles. The van der Waals surface area contributed by atoms with Gasteiger partial charge in [0.2, 0.25) is 0 Å². The average Bonchev–Trinajstić information content (AvgIpc) is 2.45. The van der Waals surface area contributed by atoms with Crippen LogP contribution in [0.4, 0.5) is 0 Å². The van der Waals surface area contributed by atoms with E-state index in [0.29, 0.717) is 0 Å². The first-order chi connectivity index (χ1) is 11.6. The van der Waals surface area contributed by atoms with Gasteiger partial charge in [-0.1, -0.05) is 84.3 Å². The van der Waals surface area contributed by atoms with Crippen molar-refractivity contribution in [2.45, 2.75) is 119 Å². The minimum absolute atomic E-state index is 0.219. The van der Waals surface area contributed by atoms with Crippen molar-refractivity contribution in [3.63, 3.8) is 0 Å². The van der Waals surface area contributed by atoms with Crippen molar-refractivity contribution < 1.29 is 0 Å². The maximum atomic E-state index is 3.53. The van der Waals surface area contributed by atoms with E-state index in [9.17, 15) is 0 Å². The molecule has 0 aromatic carbocycles. The SMILES string of the molecule is C/C(=C\CNC(C)(C)C)CCCC(C)CCCC(C)CCCC(C)C. The standard InChI is InChI=1S/C24H49N/c1-20(2)12-9-13-21(3)14-10-15-22(4)16-11-17-23(5)18-19-25-24(6,7)8/h18,20-22,25H,9-17,19H2,1-8H3/b23-18+. The minimum Gasteiger partial charge on any atom is -0.309 e. The lowest BCUT2D eigenvalue weighted by Crippen LogP contribution is -2.35. The normalized spacial score (nSPS) is 15.6. The zero-order valence-corrected chi connectivity index (χ0v) is 18.9. The topological polar surface area (TPSA) is 12.0 Å². The summed E-state index contributed by atoms with van der Waals surface area (Å²) in [6.45, 7) is 19.5.